The fourth-order valence-electron chi connectivity index (χ4n) is 3.77. The number of hydrogen-bond acceptors (Lipinski definition) is 2. The van der Waals surface area contributed by atoms with Gasteiger partial charge < -0.3 is 10.1 Å². The lowest BCUT2D eigenvalue weighted by Crippen LogP contribution is -2.56. The molecular weight excluding hydrogens is 222 g/mol. The Morgan fingerprint density at radius 2 is 1.72 bits per heavy atom. The third-order valence-corrected chi connectivity index (χ3v) is 4.95. The highest BCUT2D eigenvalue weighted by Crippen LogP contribution is 2.40. The molecular formula is C16H33NO. The van der Waals surface area contributed by atoms with Crippen LogP contribution in [-0.4, -0.2) is 25.3 Å². The summed E-state index contributed by atoms with van der Waals surface area (Å²) >= 11 is 0. The molecule has 1 N–H and O–H groups in total. The van der Waals surface area contributed by atoms with Crippen molar-refractivity contribution >= 4 is 0 Å². The van der Waals surface area contributed by atoms with E-state index >= 15 is 0 Å². The first-order valence-corrected chi connectivity index (χ1v) is 7.94. The average Bonchev–Trinajstić information content (AvgIpc) is 2.39. The molecule has 0 radical (unpaired) electrons. The predicted octanol–water partition coefficient (Wildman–Crippen LogP) is 4.00. The summed E-state index contributed by atoms with van der Waals surface area (Å²) in [6.45, 7) is 9.97. The largest absolute Gasteiger partial charge is 0.374 e. The van der Waals surface area contributed by atoms with E-state index in [-0.39, 0.29) is 5.60 Å². The molecule has 0 aliphatic heterocycles. The quantitative estimate of drug-likeness (QED) is 0.742. The summed E-state index contributed by atoms with van der Waals surface area (Å²) in [7, 11) is 2.11. The summed E-state index contributed by atoms with van der Waals surface area (Å²) < 4.78 is 6.29. The van der Waals surface area contributed by atoms with Gasteiger partial charge in [-0.15, -0.1) is 0 Å². The van der Waals surface area contributed by atoms with Crippen molar-refractivity contribution in [2.75, 3.05) is 13.7 Å². The second kappa shape index (κ2) is 7.49. The molecule has 1 unspecified atom stereocenters. The summed E-state index contributed by atoms with van der Waals surface area (Å²) in [6, 6.07) is 0.514. The highest BCUT2D eigenvalue weighted by atomic mass is 16.5. The Bertz CT molecular complexity index is 217. The van der Waals surface area contributed by atoms with Crippen molar-refractivity contribution in [2.24, 2.45) is 11.8 Å². The average molecular weight is 255 g/mol. The fraction of sp³-hybridized carbons (Fsp3) is 1.00. The zero-order chi connectivity index (χ0) is 13.6. The smallest absolute Gasteiger partial charge is 0.0837 e. The molecule has 0 aromatic heterocycles. The van der Waals surface area contributed by atoms with Gasteiger partial charge in [0.25, 0.3) is 0 Å². The van der Waals surface area contributed by atoms with Crippen LogP contribution in [0.4, 0.5) is 0 Å². The molecule has 108 valence electrons. The molecule has 0 amide bonds. The van der Waals surface area contributed by atoms with Crippen LogP contribution in [0.2, 0.25) is 0 Å². The Labute approximate surface area is 114 Å². The van der Waals surface area contributed by atoms with Gasteiger partial charge in [-0.25, -0.2) is 0 Å². The minimum Gasteiger partial charge on any atom is -0.374 e. The van der Waals surface area contributed by atoms with Gasteiger partial charge in [0.1, 0.15) is 0 Å². The Kier molecular flexibility index (Phi) is 6.65. The van der Waals surface area contributed by atoms with E-state index < -0.39 is 0 Å². The van der Waals surface area contributed by atoms with E-state index in [1.54, 1.807) is 0 Å². The maximum atomic E-state index is 6.29. The van der Waals surface area contributed by atoms with Gasteiger partial charge in [-0.1, -0.05) is 33.6 Å². The van der Waals surface area contributed by atoms with E-state index in [1.807, 2.05) is 0 Å². The van der Waals surface area contributed by atoms with Crippen molar-refractivity contribution < 1.29 is 4.74 Å². The van der Waals surface area contributed by atoms with Crippen molar-refractivity contribution in [3.05, 3.63) is 0 Å². The predicted molar refractivity (Wildman–Crippen MR) is 78.9 cm³/mol. The van der Waals surface area contributed by atoms with Gasteiger partial charge in [0.15, 0.2) is 0 Å². The minimum atomic E-state index is 0.0900. The van der Waals surface area contributed by atoms with E-state index in [0.29, 0.717) is 6.04 Å². The molecule has 2 nitrogen and oxygen atoms in total. The van der Waals surface area contributed by atoms with Gasteiger partial charge >= 0.3 is 0 Å². The maximum Gasteiger partial charge on any atom is 0.0837 e. The van der Waals surface area contributed by atoms with E-state index in [2.05, 4.69) is 40.1 Å². The first-order chi connectivity index (χ1) is 8.63. The lowest BCUT2D eigenvalue weighted by molar-refractivity contribution is -0.107. The summed E-state index contributed by atoms with van der Waals surface area (Å²) in [6.07, 6.45) is 7.57. The lowest BCUT2D eigenvalue weighted by Gasteiger charge is -2.47. The van der Waals surface area contributed by atoms with Gasteiger partial charge in [-0.05, 0) is 51.5 Å². The van der Waals surface area contributed by atoms with Crippen LogP contribution < -0.4 is 5.32 Å². The van der Waals surface area contributed by atoms with Crippen LogP contribution in [0.3, 0.4) is 0 Å². The third-order valence-electron chi connectivity index (χ3n) is 4.95. The number of hydrogen-bond donors (Lipinski definition) is 1. The van der Waals surface area contributed by atoms with Crippen LogP contribution in [0.1, 0.15) is 66.2 Å². The van der Waals surface area contributed by atoms with Crippen LogP contribution in [0.25, 0.3) is 0 Å². The maximum absolute atomic E-state index is 6.29. The normalized spacial score (nSPS) is 30.7. The molecule has 0 heterocycles. The number of nitrogens with one attached hydrogen (secondary N) is 1. The minimum absolute atomic E-state index is 0.0900. The highest BCUT2D eigenvalue weighted by molar-refractivity contribution is 4.98. The molecule has 0 bridgehead atoms. The van der Waals surface area contributed by atoms with E-state index in [0.717, 1.165) is 18.4 Å². The van der Waals surface area contributed by atoms with Crippen LogP contribution in [0.5, 0.6) is 0 Å². The van der Waals surface area contributed by atoms with Crippen LogP contribution in [0.15, 0.2) is 0 Å². The Balaban J connectivity index is 2.86. The second-order valence-corrected chi connectivity index (χ2v) is 6.02. The molecule has 1 aliphatic carbocycles. The molecule has 0 spiro atoms. The zero-order valence-corrected chi connectivity index (χ0v) is 13.1. The van der Waals surface area contributed by atoms with Crippen LogP contribution in [-0.2, 0) is 4.74 Å². The molecule has 0 aromatic carbocycles. The van der Waals surface area contributed by atoms with Crippen molar-refractivity contribution in [3.63, 3.8) is 0 Å². The van der Waals surface area contributed by atoms with Gasteiger partial charge in [0.05, 0.1) is 5.60 Å². The highest BCUT2D eigenvalue weighted by Gasteiger charge is 2.43. The number of likely N-dealkylation sites (N-methyl/N-ethyl adjacent to an activating group) is 1. The molecule has 1 saturated carbocycles. The second-order valence-electron chi connectivity index (χ2n) is 6.02. The summed E-state index contributed by atoms with van der Waals surface area (Å²) in [4.78, 5) is 0. The molecule has 1 aliphatic rings. The summed E-state index contributed by atoms with van der Waals surface area (Å²) in [5, 5.41) is 3.59. The van der Waals surface area contributed by atoms with Gasteiger partial charge in [-0.3, -0.25) is 0 Å². The molecule has 1 rings (SSSR count). The van der Waals surface area contributed by atoms with Crippen molar-refractivity contribution in [3.8, 4) is 0 Å². The summed E-state index contributed by atoms with van der Waals surface area (Å²) in [5.74, 6) is 1.60. The standard InChI is InChI=1S/C16H33NO/c1-6-14(7-2)15(17-5)16(18-8-3)11-9-13(4)10-12-16/h13-15,17H,6-12H2,1-5H3. The monoisotopic (exact) mass is 255 g/mol. The first-order valence-electron chi connectivity index (χ1n) is 7.94. The van der Waals surface area contributed by atoms with Crippen molar-refractivity contribution in [2.45, 2.75) is 77.9 Å². The van der Waals surface area contributed by atoms with E-state index in [4.69, 9.17) is 4.74 Å². The molecule has 2 heteroatoms. The van der Waals surface area contributed by atoms with Crippen molar-refractivity contribution in [1.82, 2.24) is 5.32 Å². The molecule has 18 heavy (non-hydrogen) atoms. The molecule has 1 fully saturated rings. The van der Waals surface area contributed by atoms with E-state index in [9.17, 15) is 0 Å². The van der Waals surface area contributed by atoms with E-state index in [1.165, 1.54) is 38.5 Å². The molecule has 0 saturated heterocycles. The SMILES string of the molecule is CCOC1(C(NC)C(CC)CC)CCC(C)CC1. The topological polar surface area (TPSA) is 21.3 Å². The third kappa shape index (κ3) is 3.48. The van der Waals surface area contributed by atoms with Crippen LogP contribution in [0, 0.1) is 11.8 Å². The lowest BCUT2D eigenvalue weighted by atomic mass is 9.70. The number of rotatable bonds is 7. The van der Waals surface area contributed by atoms with Crippen LogP contribution >= 0.6 is 0 Å². The summed E-state index contributed by atoms with van der Waals surface area (Å²) in [5.41, 5.74) is 0.0900. The Hall–Kier alpha value is -0.0800. The first kappa shape index (κ1) is 16.0. The Morgan fingerprint density at radius 3 is 2.11 bits per heavy atom. The zero-order valence-electron chi connectivity index (χ0n) is 13.1. The van der Waals surface area contributed by atoms with Gasteiger partial charge in [0.2, 0.25) is 0 Å². The van der Waals surface area contributed by atoms with Crippen molar-refractivity contribution in [1.29, 1.82) is 0 Å². The Morgan fingerprint density at radius 1 is 1.17 bits per heavy atom. The molecule has 1 atom stereocenters. The number of ether oxygens (including phenoxy) is 1. The fourth-order valence-corrected chi connectivity index (χ4v) is 3.77. The molecule has 0 aromatic rings. The van der Waals surface area contributed by atoms with Gasteiger partial charge in [-0.2, -0.15) is 0 Å². The van der Waals surface area contributed by atoms with Gasteiger partial charge in [0, 0.05) is 12.6 Å².